The Morgan fingerprint density at radius 1 is 0.966 bits per heavy atom. The summed E-state index contributed by atoms with van der Waals surface area (Å²) in [6.45, 7) is 0. The molecule has 1 aliphatic heterocycles. The number of rotatable bonds is 5. The van der Waals surface area contributed by atoms with E-state index < -0.39 is 0 Å². The first-order valence-electron chi connectivity index (χ1n) is 9.03. The van der Waals surface area contributed by atoms with Crippen LogP contribution in [0.25, 0.3) is 6.08 Å². The molecular weight excluding hydrogens is 364 g/mol. The molecule has 4 rings (SSSR count). The fourth-order valence-electron chi connectivity index (χ4n) is 2.82. The molecule has 3 aromatic rings. The normalized spacial score (nSPS) is 15.2. The number of amides is 1. The van der Waals surface area contributed by atoms with Crippen LogP contribution in [-0.2, 0) is 4.79 Å². The van der Waals surface area contributed by atoms with E-state index in [1.807, 2.05) is 66.7 Å². The summed E-state index contributed by atoms with van der Waals surface area (Å²) in [7, 11) is 1.61. The van der Waals surface area contributed by atoms with Crippen molar-refractivity contribution < 1.29 is 9.53 Å². The molecule has 0 atom stereocenters. The minimum absolute atomic E-state index is 0.292. The van der Waals surface area contributed by atoms with Crippen LogP contribution in [0.1, 0.15) is 16.7 Å². The van der Waals surface area contributed by atoms with Crippen LogP contribution in [0.3, 0.4) is 0 Å². The lowest BCUT2D eigenvalue weighted by atomic mass is 10.2. The fraction of sp³-hybridized carbons (Fsp3) is 0.0435. The number of carbonyl (C=O) groups excluding carboxylic acids is 1. The van der Waals surface area contributed by atoms with E-state index in [-0.39, 0.29) is 5.91 Å². The molecule has 6 nitrogen and oxygen atoms in total. The number of benzene rings is 2. The Balaban J connectivity index is 1.70. The van der Waals surface area contributed by atoms with Gasteiger partial charge < -0.3 is 4.74 Å². The Labute approximate surface area is 168 Å². The summed E-state index contributed by atoms with van der Waals surface area (Å²) in [4.78, 5) is 21.7. The van der Waals surface area contributed by atoms with Crippen LogP contribution >= 0.6 is 0 Å². The largest absolute Gasteiger partial charge is 0.497 e. The van der Waals surface area contributed by atoms with Gasteiger partial charge in [0.05, 0.1) is 13.3 Å². The van der Waals surface area contributed by atoms with Crippen molar-refractivity contribution in [2.45, 2.75) is 0 Å². The highest BCUT2D eigenvalue weighted by atomic mass is 16.5. The molecule has 0 radical (unpaired) electrons. The van der Waals surface area contributed by atoms with Crippen LogP contribution < -0.4 is 4.74 Å². The summed E-state index contributed by atoms with van der Waals surface area (Å²) in [6, 6.07) is 20.6. The van der Waals surface area contributed by atoms with Gasteiger partial charge in [-0.25, -0.2) is 4.99 Å². The van der Waals surface area contributed by atoms with E-state index >= 15 is 0 Å². The van der Waals surface area contributed by atoms with Gasteiger partial charge in [0.25, 0.3) is 5.91 Å². The number of aromatic nitrogens is 1. The summed E-state index contributed by atoms with van der Waals surface area (Å²) in [5, 5.41) is 5.70. The molecule has 2 heterocycles. The number of pyridine rings is 1. The molecule has 1 amide bonds. The van der Waals surface area contributed by atoms with Gasteiger partial charge in [0, 0.05) is 23.5 Å². The van der Waals surface area contributed by atoms with Crippen molar-refractivity contribution >= 4 is 24.0 Å². The van der Waals surface area contributed by atoms with E-state index in [0.29, 0.717) is 11.5 Å². The number of hydrazone groups is 1. The summed E-state index contributed by atoms with van der Waals surface area (Å²) >= 11 is 0. The molecule has 0 bridgehead atoms. The maximum Gasteiger partial charge on any atom is 0.298 e. The molecule has 1 aliphatic rings. The number of hydrogen-bond donors (Lipinski definition) is 0. The molecular formula is C23H18N4O2. The highest BCUT2D eigenvalue weighted by Gasteiger charge is 2.31. The molecule has 0 fully saturated rings. The van der Waals surface area contributed by atoms with E-state index in [2.05, 4.69) is 15.1 Å². The minimum atomic E-state index is -0.292. The smallest absolute Gasteiger partial charge is 0.298 e. The molecule has 142 valence electrons. The van der Waals surface area contributed by atoms with Crippen LogP contribution in [0.2, 0.25) is 0 Å². The zero-order valence-electron chi connectivity index (χ0n) is 15.8. The number of aliphatic imine (C=N–C) groups is 1. The van der Waals surface area contributed by atoms with Gasteiger partial charge in [-0.2, -0.15) is 10.1 Å². The first-order valence-corrected chi connectivity index (χ1v) is 9.03. The quantitative estimate of drug-likeness (QED) is 0.498. The predicted molar refractivity (Wildman–Crippen MR) is 113 cm³/mol. The van der Waals surface area contributed by atoms with Gasteiger partial charge in [-0.1, -0.05) is 48.5 Å². The van der Waals surface area contributed by atoms with E-state index in [9.17, 15) is 4.79 Å². The van der Waals surface area contributed by atoms with Crippen LogP contribution in [-0.4, -0.2) is 35.1 Å². The molecule has 0 aliphatic carbocycles. The number of hydrogen-bond acceptors (Lipinski definition) is 5. The predicted octanol–water partition coefficient (Wildman–Crippen LogP) is 3.75. The van der Waals surface area contributed by atoms with Gasteiger partial charge in [0.15, 0.2) is 5.84 Å². The number of carbonyl (C=O) groups is 1. The number of methoxy groups -OCH3 is 1. The maximum atomic E-state index is 13.0. The topological polar surface area (TPSA) is 67.2 Å². The van der Waals surface area contributed by atoms with E-state index in [0.717, 1.165) is 22.4 Å². The van der Waals surface area contributed by atoms with Gasteiger partial charge in [-0.3, -0.25) is 9.78 Å². The average Bonchev–Trinajstić information content (AvgIpc) is 3.09. The second-order valence-electron chi connectivity index (χ2n) is 6.25. The molecule has 2 aromatic carbocycles. The first kappa shape index (κ1) is 18.3. The van der Waals surface area contributed by atoms with E-state index in [1.54, 1.807) is 31.8 Å². The molecule has 0 saturated heterocycles. The number of nitrogens with zero attached hydrogens (tertiary/aromatic N) is 4. The van der Waals surface area contributed by atoms with Crippen LogP contribution in [0.15, 0.2) is 94.9 Å². The third-order valence-electron chi connectivity index (χ3n) is 4.30. The van der Waals surface area contributed by atoms with Gasteiger partial charge in [0.2, 0.25) is 0 Å². The molecule has 29 heavy (non-hydrogen) atoms. The van der Waals surface area contributed by atoms with Crippen molar-refractivity contribution in [3.8, 4) is 5.75 Å². The van der Waals surface area contributed by atoms with E-state index in [1.165, 1.54) is 5.01 Å². The monoisotopic (exact) mass is 382 g/mol. The highest BCUT2D eigenvalue weighted by Crippen LogP contribution is 2.23. The third kappa shape index (κ3) is 4.11. The molecule has 0 unspecified atom stereocenters. The lowest BCUT2D eigenvalue weighted by molar-refractivity contribution is -0.122. The van der Waals surface area contributed by atoms with Crippen LogP contribution in [0, 0.1) is 0 Å². The molecule has 6 heteroatoms. The van der Waals surface area contributed by atoms with Crippen molar-refractivity contribution in [2.24, 2.45) is 10.1 Å². The number of amidine groups is 1. The van der Waals surface area contributed by atoms with Gasteiger partial charge in [-0.15, -0.1) is 0 Å². The number of ether oxygens (including phenoxy) is 1. The maximum absolute atomic E-state index is 13.0. The van der Waals surface area contributed by atoms with Crippen LogP contribution in [0.4, 0.5) is 0 Å². The van der Waals surface area contributed by atoms with Crippen molar-refractivity contribution in [3.05, 3.63) is 102 Å². The Morgan fingerprint density at radius 3 is 2.45 bits per heavy atom. The van der Waals surface area contributed by atoms with Gasteiger partial charge in [0.1, 0.15) is 11.4 Å². The van der Waals surface area contributed by atoms with Gasteiger partial charge >= 0.3 is 0 Å². The Kier molecular flexibility index (Phi) is 5.25. The van der Waals surface area contributed by atoms with E-state index in [4.69, 9.17) is 4.74 Å². The Bertz CT molecular complexity index is 1090. The standard InChI is InChI=1S/C23H18N4O2/c1-29-20-11-9-17(10-12-20)14-21-23(28)27(25-16-18-6-5-13-24-15-18)22(26-21)19-7-3-2-4-8-19/h2-16H,1H3/b21-14-,25-16-. The first-order chi connectivity index (χ1) is 14.2. The lowest BCUT2D eigenvalue weighted by Gasteiger charge is -2.11. The van der Waals surface area contributed by atoms with Crippen molar-refractivity contribution in [2.75, 3.05) is 7.11 Å². The Morgan fingerprint density at radius 2 is 1.76 bits per heavy atom. The summed E-state index contributed by atoms with van der Waals surface area (Å²) in [5.41, 5.74) is 2.77. The summed E-state index contributed by atoms with van der Waals surface area (Å²) < 4.78 is 5.18. The average molecular weight is 382 g/mol. The highest BCUT2D eigenvalue weighted by molar-refractivity contribution is 6.19. The summed E-state index contributed by atoms with van der Waals surface area (Å²) in [5.74, 6) is 0.941. The second kappa shape index (κ2) is 8.31. The zero-order chi connectivity index (χ0) is 20.1. The third-order valence-corrected chi connectivity index (χ3v) is 4.30. The summed E-state index contributed by atoms with van der Waals surface area (Å²) in [6.07, 6.45) is 6.70. The van der Waals surface area contributed by atoms with Crippen molar-refractivity contribution in [1.29, 1.82) is 0 Å². The molecule has 0 spiro atoms. The Hall–Kier alpha value is -4.06. The van der Waals surface area contributed by atoms with Crippen molar-refractivity contribution in [1.82, 2.24) is 9.99 Å². The molecule has 0 saturated carbocycles. The SMILES string of the molecule is COc1ccc(/C=C2\N=C(c3ccccc3)N(/N=C\c3cccnc3)C2=O)cc1. The van der Waals surface area contributed by atoms with Crippen molar-refractivity contribution in [3.63, 3.8) is 0 Å². The minimum Gasteiger partial charge on any atom is -0.497 e. The van der Waals surface area contributed by atoms with Crippen LogP contribution in [0.5, 0.6) is 5.75 Å². The fourth-order valence-corrected chi connectivity index (χ4v) is 2.82. The van der Waals surface area contributed by atoms with Gasteiger partial charge in [-0.05, 0) is 29.8 Å². The molecule has 1 aromatic heterocycles. The molecule has 0 N–H and O–H groups in total. The zero-order valence-corrected chi connectivity index (χ0v) is 15.8. The lowest BCUT2D eigenvalue weighted by Crippen LogP contribution is -2.27. The second-order valence-corrected chi connectivity index (χ2v) is 6.25.